The highest BCUT2D eigenvalue weighted by atomic mass is 32.1. The van der Waals surface area contributed by atoms with Crippen LogP contribution in [-0.4, -0.2) is 15.0 Å². The summed E-state index contributed by atoms with van der Waals surface area (Å²) in [4.78, 5) is 15.5. The third-order valence-electron chi connectivity index (χ3n) is 8.17. The van der Waals surface area contributed by atoms with Crippen molar-refractivity contribution < 1.29 is 0 Å². The van der Waals surface area contributed by atoms with Crippen LogP contribution < -0.4 is 0 Å². The summed E-state index contributed by atoms with van der Waals surface area (Å²) in [5, 5.41) is 4.96. The van der Waals surface area contributed by atoms with Gasteiger partial charge in [-0.15, -0.1) is 22.7 Å². The Kier molecular flexibility index (Phi) is 5.86. The highest BCUT2D eigenvalue weighted by Gasteiger charge is 2.19. The number of benzene rings is 6. The second-order valence-corrected chi connectivity index (χ2v) is 12.9. The van der Waals surface area contributed by atoms with Crippen molar-refractivity contribution in [3.63, 3.8) is 0 Å². The molecule has 9 rings (SSSR count). The van der Waals surface area contributed by atoms with Crippen molar-refractivity contribution in [1.82, 2.24) is 15.0 Å². The maximum Gasteiger partial charge on any atom is 0.165 e. The molecule has 0 saturated heterocycles. The fourth-order valence-electron chi connectivity index (χ4n) is 6.08. The zero-order chi connectivity index (χ0) is 29.0. The van der Waals surface area contributed by atoms with Gasteiger partial charge in [0, 0.05) is 57.0 Å². The average molecular weight is 598 g/mol. The van der Waals surface area contributed by atoms with E-state index in [-0.39, 0.29) is 0 Å². The molecule has 0 fully saturated rings. The molecule has 0 N–H and O–H groups in total. The number of aromatic nitrogens is 3. The molecule has 0 spiro atoms. The second-order valence-electron chi connectivity index (χ2n) is 10.8. The van der Waals surface area contributed by atoms with Crippen LogP contribution in [0, 0.1) is 0 Å². The molecular weight excluding hydrogens is 575 g/mol. The fourth-order valence-corrected chi connectivity index (χ4v) is 8.38. The van der Waals surface area contributed by atoms with Crippen molar-refractivity contribution in [3.05, 3.63) is 140 Å². The van der Waals surface area contributed by atoms with E-state index >= 15 is 0 Å². The lowest BCUT2D eigenvalue weighted by atomic mass is 9.99. The van der Waals surface area contributed by atoms with E-state index in [2.05, 4.69) is 133 Å². The van der Waals surface area contributed by atoms with E-state index in [1.807, 2.05) is 17.4 Å². The van der Waals surface area contributed by atoms with Crippen molar-refractivity contribution in [2.24, 2.45) is 0 Å². The zero-order valence-electron chi connectivity index (χ0n) is 23.4. The fraction of sp³-hybridized carbons (Fsp3) is 0. The number of hydrogen-bond donors (Lipinski definition) is 0. The minimum atomic E-state index is 0.665. The first-order valence-electron chi connectivity index (χ1n) is 14.5. The van der Waals surface area contributed by atoms with Crippen molar-refractivity contribution in [1.29, 1.82) is 0 Å². The minimum absolute atomic E-state index is 0.665. The maximum absolute atomic E-state index is 5.19. The smallest absolute Gasteiger partial charge is 0.165 e. The van der Waals surface area contributed by atoms with E-state index in [0.717, 1.165) is 27.8 Å². The van der Waals surface area contributed by atoms with E-state index in [1.54, 1.807) is 11.3 Å². The first kappa shape index (κ1) is 25.3. The molecule has 0 aliphatic heterocycles. The predicted octanol–water partition coefficient (Wildman–Crippen LogP) is 11.3. The van der Waals surface area contributed by atoms with Gasteiger partial charge < -0.3 is 0 Å². The van der Waals surface area contributed by atoms with Crippen LogP contribution in [0.4, 0.5) is 0 Å². The standard InChI is InChI=1S/C39H23N3S2/c1-2-11-24(12-3-1)26-13-4-5-16-30(26)38-40-37(25-21-22-35-32(23-25)28-15-7-8-19-33(28)43-35)41-39(42-38)31-18-10-17-29-27-14-6-9-20-34(27)44-36(29)31/h1-23H. The summed E-state index contributed by atoms with van der Waals surface area (Å²) >= 11 is 3.61. The Hall–Kier alpha value is -5.23. The van der Waals surface area contributed by atoms with Gasteiger partial charge in [0.15, 0.2) is 17.5 Å². The lowest BCUT2D eigenvalue weighted by Crippen LogP contribution is -2.01. The lowest BCUT2D eigenvalue weighted by molar-refractivity contribution is 1.08. The monoisotopic (exact) mass is 597 g/mol. The molecule has 0 amide bonds. The molecule has 9 aromatic rings. The van der Waals surface area contributed by atoms with E-state index < -0.39 is 0 Å². The first-order chi connectivity index (χ1) is 21.8. The molecule has 0 aliphatic rings. The molecule has 0 saturated carbocycles. The molecule has 3 heterocycles. The number of rotatable bonds is 4. The Labute approximate surface area is 261 Å². The largest absolute Gasteiger partial charge is 0.208 e. The SMILES string of the molecule is c1ccc(-c2ccccc2-c2nc(-c3ccc4sc5ccccc5c4c3)nc(-c3cccc4c3sc3ccccc34)n2)cc1. The molecule has 0 unspecified atom stereocenters. The van der Waals surface area contributed by atoms with Gasteiger partial charge in [-0.05, 0) is 47.5 Å². The highest BCUT2D eigenvalue weighted by molar-refractivity contribution is 7.26. The quantitative estimate of drug-likeness (QED) is 0.203. The molecule has 0 aliphatic carbocycles. The molecule has 3 nitrogen and oxygen atoms in total. The Morgan fingerprint density at radius 3 is 1.73 bits per heavy atom. The number of thiophene rings is 2. The Bertz CT molecular complexity index is 2510. The van der Waals surface area contributed by atoms with Crippen LogP contribution in [0.25, 0.3) is 85.6 Å². The van der Waals surface area contributed by atoms with E-state index in [9.17, 15) is 0 Å². The van der Waals surface area contributed by atoms with Gasteiger partial charge in [0.1, 0.15) is 0 Å². The molecule has 0 atom stereocenters. The van der Waals surface area contributed by atoms with Gasteiger partial charge in [-0.25, -0.2) is 15.0 Å². The van der Waals surface area contributed by atoms with Gasteiger partial charge in [0.2, 0.25) is 0 Å². The highest BCUT2D eigenvalue weighted by Crippen LogP contribution is 2.41. The third-order valence-corrected chi connectivity index (χ3v) is 10.5. The second kappa shape index (κ2) is 10.2. The molecule has 0 bridgehead atoms. The summed E-state index contributed by atoms with van der Waals surface area (Å²) in [6.45, 7) is 0. The summed E-state index contributed by atoms with van der Waals surface area (Å²) in [7, 11) is 0. The van der Waals surface area contributed by atoms with Crippen LogP contribution >= 0.6 is 22.7 Å². The van der Waals surface area contributed by atoms with Gasteiger partial charge in [0.25, 0.3) is 0 Å². The normalized spacial score (nSPS) is 11.6. The summed E-state index contributed by atoms with van der Waals surface area (Å²) in [6.07, 6.45) is 0. The average Bonchev–Trinajstić information content (AvgIpc) is 3.66. The van der Waals surface area contributed by atoms with Crippen LogP contribution in [0.5, 0.6) is 0 Å². The lowest BCUT2D eigenvalue weighted by Gasteiger charge is -2.12. The summed E-state index contributed by atoms with van der Waals surface area (Å²) in [6, 6.07) is 49.0. The van der Waals surface area contributed by atoms with E-state index in [1.165, 1.54) is 40.3 Å². The number of nitrogens with zero attached hydrogens (tertiary/aromatic N) is 3. The maximum atomic E-state index is 5.19. The molecule has 0 radical (unpaired) electrons. The minimum Gasteiger partial charge on any atom is -0.208 e. The number of fused-ring (bicyclic) bond motifs is 6. The molecule has 6 aromatic carbocycles. The van der Waals surface area contributed by atoms with Gasteiger partial charge in [-0.3, -0.25) is 0 Å². The van der Waals surface area contributed by atoms with Crippen molar-refractivity contribution in [2.75, 3.05) is 0 Å². The summed E-state index contributed by atoms with van der Waals surface area (Å²) in [5.74, 6) is 2.02. The van der Waals surface area contributed by atoms with Crippen molar-refractivity contribution >= 4 is 63.0 Å². The van der Waals surface area contributed by atoms with Crippen molar-refractivity contribution in [2.45, 2.75) is 0 Å². The van der Waals surface area contributed by atoms with E-state index in [4.69, 9.17) is 15.0 Å². The summed E-state index contributed by atoms with van der Waals surface area (Å²) < 4.78 is 4.99. The van der Waals surface area contributed by atoms with Crippen molar-refractivity contribution in [3.8, 4) is 45.3 Å². The van der Waals surface area contributed by atoms with Gasteiger partial charge in [0.05, 0.1) is 0 Å². The van der Waals surface area contributed by atoms with Crippen LogP contribution in [-0.2, 0) is 0 Å². The first-order valence-corrected chi connectivity index (χ1v) is 16.2. The van der Waals surface area contributed by atoms with Crippen LogP contribution in [0.2, 0.25) is 0 Å². The van der Waals surface area contributed by atoms with Gasteiger partial charge >= 0.3 is 0 Å². The molecule has 44 heavy (non-hydrogen) atoms. The predicted molar refractivity (Wildman–Crippen MR) is 187 cm³/mol. The Morgan fingerprint density at radius 1 is 0.341 bits per heavy atom. The number of hydrogen-bond acceptors (Lipinski definition) is 5. The third kappa shape index (κ3) is 4.13. The van der Waals surface area contributed by atoms with Gasteiger partial charge in [-0.2, -0.15) is 0 Å². The molecular formula is C39H23N3S2. The van der Waals surface area contributed by atoms with Gasteiger partial charge in [-0.1, -0.05) is 103 Å². The van der Waals surface area contributed by atoms with Crippen LogP contribution in [0.3, 0.4) is 0 Å². The van der Waals surface area contributed by atoms with Crippen LogP contribution in [0.15, 0.2) is 140 Å². The Morgan fingerprint density at radius 2 is 0.909 bits per heavy atom. The topological polar surface area (TPSA) is 38.7 Å². The zero-order valence-corrected chi connectivity index (χ0v) is 25.1. The summed E-state index contributed by atoms with van der Waals surface area (Å²) in [5.41, 5.74) is 5.20. The molecule has 206 valence electrons. The molecule has 3 aromatic heterocycles. The van der Waals surface area contributed by atoms with Crippen LogP contribution in [0.1, 0.15) is 0 Å². The van der Waals surface area contributed by atoms with E-state index in [0.29, 0.717) is 17.5 Å². The molecule has 5 heteroatoms. The Balaban J connectivity index is 1.32.